The van der Waals surface area contributed by atoms with Crippen LogP contribution in [-0.2, 0) is 6.54 Å². The number of hydrogen-bond donors (Lipinski definition) is 0. The van der Waals surface area contributed by atoms with E-state index in [4.69, 9.17) is 28.2 Å². The van der Waals surface area contributed by atoms with Gasteiger partial charge in [-0.3, -0.25) is 4.90 Å². The van der Waals surface area contributed by atoms with Crippen molar-refractivity contribution in [3.8, 4) is 40.1 Å². The smallest absolute Gasteiger partial charge is 0.241 e. The van der Waals surface area contributed by atoms with E-state index in [0.717, 1.165) is 11.5 Å². The molecule has 0 bridgehead atoms. The zero-order valence-electron chi connectivity index (χ0n) is 18.0. The maximum absolute atomic E-state index is 6.02. The van der Waals surface area contributed by atoms with Crippen LogP contribution in [0.1, 0.15) is 5.89 Å². The summed E-state index contributed by atoms with van der Waals surface area (Å²) < 4.78 is 33.5. The first-order valence-corrected chi connectivity index (χ1v) is 9.82. The van der Waals surface area contributed by atoms with Gasteiger partial charge in [0.2, 0.25) is 17.5 Å². The number of para-hydroxylation sites is 2. The SMILES string of the molecule is COc1ccc(-c2noc(CN(C)C[C@@H]3COc4ccccc4O3)n2)c(OC)c1OC. The molecule has 0 aliphatic carbocycles. The molecule has 2 heterocycles. The minimum absolute atomic E-state index is 0.0896. The Hall–Kier alpha value is -3.46. The Kier molecular flexibility index (Phi) is 6.13. The monoisotopic (exact) mass is 427 g/mol. The van der Waals surface area contributed by atoms with E-state index >= 15 is 0 Å². The minimum Gasteiger partial charge on any atom is -0.493 e. The Morgan fingerprint density at radius 1 is 1.00 bits per heavy atom. The third-order valence-corrected chi connectivity index (χ3v) is 4.90. The molecule has 0 radical (unpaired) electrons. The fraction of sp³-hybridized carbons (Fsp3) is 0.364. The lowest BCUT2D eigenvalue weighted by atomic mass is 10.1. The van der Waals surface area contributed by atoms with Crippen LogP contribution in [0.25, 0.3) is 11.4 Å². The summed E-state index contributed by atoms with van der Waals surface area (Å²) in [7, 11) is 6.64. The van der Waals surface area contributed by atoms with Crippen molar-refractivity contribution in [2.45, 2.75) is 12.6 Å². The van der Waals surface area contributed by atoms with Gasteiger partial charge in [0.1, 0.15) is 12.7 Å². The molecule has 4 rings (SSSR count). The van der Waals surface area contributed by atoms with Crippen molar-refractivity contribution in [1.29, 1.82) is 0 Å². The third-order valence-electron chi connectivity index (χ3n) is 4.90. The van der Waals surface area contributed by atoms with Crippen LogP contribution < -0.4 is 23.7 Å². The predicted molar refractivity (Wildman–Crippen MR) is 112 cm³/mol. The standard InChI is InChI=1S/C22H25N3O6/c1-25(11-14-13-29-16-7-5-6-8-17(16)30-14)12-19-23-22(24-31-19)15-9-10-18(26-2)21(28-4)20(15)27-3/h5-10,14H,11-13H2,1-4H3/t14-/m1/s1. The number of methoxy groups -OCH3 is 3. The van der Waals surface area contributed by atoms with Crippen LogP contribution >= 0.6 is 0 Å². The van der Waals surface area contributed by atoms with Crippen LogP contribution in [0.5, 0.6) is 28.7 Å². The Morgan fingerprint density at radius 2 is 1.77 bits per heavy atom. The van der Waals surface area contributed by atoms with Crippen molar-refractivity contribution >= 4 is 0 Å². The Balaban J connectivity index is 1.44. The van der Waals surface area contributed by atoms with Gasteiger partial charge < -0.3 is 28.2 Å². The quantitative estimate of drug-likeness (QED) is 0.538. The van der Waals surface area contributed by atoms with Gasteiger partial charge in [0.25, 0.3) is 0 Å². The van der Waals surface area contributed by atoms with Gasteiger partial charge >= 0.3 is 0 Å². The summed E-state index contributed by atoms with van der Waals surface area (Å²) in [5, 5.41) is 4.11. The van der Waals surface area contributed by atoms with Crippen molar-refractivity contribution in [2.24, 2.45) is 0 Å². The molecule has 3 aromatic rings. The first-order chi connectivity index (χ1) is 15.1. The molecule has 0 unspecified atom stereocenters. The van der Waals surface area contributed by atoms with E-state index in [1.807, 2.05) is 42.3 Å². The van der Waals surface area contributed by atoms with Gasteiger partial charge in [-0.1, -0.05) is 17.3 Å². The topological polar surface area (TPSA) is 88.3 Å². The molecular formula is C22H25N3O6. The zero-order chi connectivity index (χ0) is 21.8. The summed E-state index contributed by atoms with van der Waals surface area (Å²) in [6, 6.07) is 11.2. The van der Waals surface area contributed by atoms with Gasteiger partial charge in [0.15, 0.2) is 23.0 Å². The Morgan fingerprint density at radius 3 is 2.52 bits per heavy atom. The summed E-state index contributed by atoms with van der Waals surface area (Å²) in [5.74, 6) is 3.93. The molecule has 9 nitrogen and oxygen atoms in total. The maximum atomic E-state index is 6.02. The molecule has 0 spiro atoms. The fourth-order valence-electron chi connectivity index (χ4n) is 3.50. The Bertz CT molecular complexity index is 1040. The molecule has 1 aliphatic rings. The predicted octanol–water partition coefficient (Wildman–Crippen LogP) is 3.03. The van der Waals surface area contributed by atoms with Crippen LogP contribution in [-0.4, -0.2) is 62.7 Å². The van der Waals surface area contributed by atoms with E-state index in [1.54, 1.807) is 27.4 Å². The molecule has 0 amide bonds. The van der Waals surface area contributed by atoms with E-state index in [0.29, 0.717) is 54.2 Å². The van der Waals surface area contributed by atoms with E-state index in [-0.39, 0.29) is 6.10 Å². The molecular weight excluding hydrogens is 402 g/mol. The first kappa shape index (κ1) is 20.8. The molecule has 1 atom stereocenters. The number of ether oxygens (including phenoxy) is 5. The van der Waals surface area contributed by atoms with Gasteiger partial charge in [-0.2, -0.15) is 4.98 Å². The number of benzene rings is 2. The number of hydrogen-bond acceptors (Lipinski definition) is 9. The molecule has 1 aliphatic heterocycles. The van der Waals surface area contributed by atoms with Gasteiger partial charge in [0.05, 0.1) is 33.4 Å². The summed E-state index contributed by atoms with van der Waals surface area (Å²) >= 11 is 0. The summed E-state index contributed by atoms with van der Waals surface area (Å²) in [6.07, 6.45) is -0.0896. The second kappa shape index (κ2) is 9.13. The molecule has 0 fully saturated rings. The molecule has 0 saturated carbocycles. The molecule has 1 aromatic heterocycles. The van der Waals surface area contributed by atoms with E-state index in [2.05, 4.69) is 10.1 Å². The average molecular weight is 427 g/mol. The first-order valence-electron chi connectivity index (χ1n) is 9.82. The molecule has 164 valence electrons. The number of nitrogens with zero attached hydrogens (tertiary/aromatic N) is 3. The lowest BCUT2D eigenvalue weighted by molar-refractivity contribution is 0.0613. The summed E-state index contributed by atoms with van der Waals surface area (Å²) in [5.41, 5.74) is 0.651. The highest BCUT2D eigenvalue weighted by molar-refractivity contribution is 5.72. The van der Waals surface area contributed by atoms with Crippen molar-refractivity contribution < 1.29 is 28.2 Å². The van der Waals surface area contributed by atoms with Gasteiger partial charge in [0, 0.05) is 6.54 Å². The summed E-state index contributed by atoms with van der Waals surface area (Å²) in [4.78, 5) is 6.57. The van der Waals surface area contributed by atoms with Crippen LogP contribution in [0.4, 0.5) is 0 Å². The molecule has 0 N–H and O–H groups in total. The van der Waals surface area contributed by atoms with E-state index < -0.39 is 0 Å². The normalized spacial score (nSPS) is 15.1. The summed E-state index contributed by atoms with van der Waals surface area (Å²) in [6.45, 7) is 1.59. The van der Waals surface area contributed by atoms with E-state index in [1.165, 1.54) is 0 Å². The highest BCUT2D eigenvalue weighted by atomic mass is 16.6. The second-order valence-electron chi connectivity index (χ2n) is 7.09. The number of fused-ring (bicyclic) bond motifs is 1. The number of likely N-dealkylation sites (N-methyl/N-ethyl adjacent to an activating group) is 1. The molecule has 2 aromatic carbocycles. The van der Waals surface area contributed by atoms with Gasteiger partial charge in [-0.05, 0) is 31.3 Å². The van der Waals surface area contributed by atoms with Crippen molar-refractivity contribution in [1.82, 2.24) is 15.0 Å². The molecule has 0 saturated heterocycles. The number of aromatic nitrogens is 2. The third kappa shape index (κ3) is 4.36. The highest BCUT2D eigenvalue weighted by Crippen LogP contribution is 2.43. The lowest BCUT2D eigenvalue weighted by Gasteiger charge is -2.29. The van der Waals surface area contributed by atoms with Crippen molar-refractivity contribution in [2.75, 3.05) is 41.5 Å². The van der Waals surface area contributed by atoms with Crippen LogP contribution in [0.2, 0.25) is 0 Å². The average Bonchev–Trinajstić information content (AvgIpc) is 3.25. The largest absolute Gasteiger partial charge is 0.493 e. The second-order valence-corrected chi connectivity index (χ2v) is 7.09. The van der Waals surface area contributed by atoms with Crippen LogP contribution in [0.15, 0.2) is 40.9 Å². The van der Waals surface area contributed by atoms with Gasteiger partial charge in [-0.25, -0.2) is 0 Å². The van der Waals surface area contributed by atoms with Gasteiger partial charge in [-0.15, -0.1) is 0 Å². The lowest BCUT2D eigenvalue weighted by Crippen LogP contribution is -2.39. The maximum Gasteiger partial charge on any atom is 0.241 e. The molecule has 31 heavy (non-hydrogen) atoms. The number of rotatable bonds is 8. The van der Waals surface area contributed by atoms with E-state index in [9.17, 15) is 0 Å². The fourth-order valence-corrected chi connectivity index (χ4v) is 3.50. The van der Waals surface area contributed by atoms with Crippen LogP contribution in [0.3, 0.4) is 0 Å². The highest BCUT2D eigenvalue weighted by Gasteiger charge is 2.24. The molecule has 9 heteroatoms. The van der Waals surface area contributed by atoms with Crippen LogP contribution in [0, 0.1) is 0 Å². The zero-order valence-corrected chi connectivity index (χ0v) is 18.0. The van der Waals surface area contributed by atoms with Crippen molar-refractivity contribution in [3.05, 3.63) is 42.3 Å². The minimum atomic E-state index is -0.0896. The Labute approximate surface area is 180 Å². The van der Waals surface area contributed by atoms with Crippen molar-refractivity contribution in [3.63, 3.8) is 0 Å².